The number of likely N-dealkylation sites (N-methyl/N-ethyl adjacent to an activating group) is 1. The number of nitrogens with zero attached hydrogens (tertiary/aromatic N) is 1. The van der Waals surface area contributed by atoms with Crippen molar-refractivity contribution in [3.05, 3.63) is 70.7 Å². The predicted molar refractivity (Wildman–Crippen MR) is 101 cm³/mol. The maximum absolute atomic E-state index is 12.8. The summed E-state index contributed by atoms with van der Waals surface area (Å²) in [5.41, 5.74) is 1.96. The molecule has 1 fully saturated rings. The third-order valence-electron chi connectivity index (χ3n) is 4.58. The third-order valence-corrected chi connectivity index (χ3v) is 4.83. The van der Waals surface area contributed by atoms with Crippen molar-refractivity contribution < 1.29 is 4.79 Å². The first-order valence-electron chi connectivity index (χ1n) is 7.95. The highest BCUT2D eigenvalue weighted by molar-refractivity contribution is 6.30. The van der Waals surface area contributed by atoms with Gasteiger partial charge >= 0.3 is 0 Å². The van der Waals surface area contributed by atoms with Gasteiger partial charge in [-0.1, -0.05) is 41.9 Å². The van der Waals surface area contributed by atoms with Gasteiger partial charge in [-0.05, 0) is 42.8 Å². The summed E-state index contributed by atoms with van der Waals surface area (Å²) < 4.78 is 0. The van der Waals surface area contributed by atoms with E-state index in [1.54, 1.807) is 24.3 Å². The molecule has 2 atom stereocenters. The number of amides is 1. The van der Waals surface area contributed by atoms with Gasteiger partial charge in [0, 0.05) is 36.1 Å². The standard InChI is InChI=1S/C19H21ClN2O.ClH/c1-22(19(23)15-7-9-16(20)10-8-15)18-11-12-21-13-17(18)14-5-3-2-4-6-14;/h2-10,17-18,21H,11-13H2,1H3;1H/t17-,18+;/m0./s1. The first-order valence-corrected chi connectivity index (χ1v) is 8.33. The molecular formula is C19H22Cl2N2O. The number of rotatable bonds is 3. The van der Waals surface area contributed by atoms with Crippen LogP contribution in [-0.4, -0.2) is 37.0 Å². The molecule has 1 aliphatic rings. The van der Waals surface area contributed by atoms with Crippen LogP contribution in [0.3, 0.4) is 0 Å². The molecule has 1 aliphatic heterocycles. The smallest absolute Gasteiger partial charge is 0.253 e. The second-order valence-corrected chi connectivity index (χ2v) is 6.44. The van der Waals surface area contributed by atoms with Crippen LogP contribution in [0.15, 0.2) is 54.6 Å². The van der Waals surface area contributed by atoms with E-state index in [0.29, 0.717) is 16.5 Å². The quantitative estimate of drug-likeness (QED) is 0.893. The molecule has 0 aliphatic carbocycles. The van der Waals surface area contributed by atoms with E-state index in [-0.39, 0.29) is 24.4 Å². The highest BCUT2D eigenvalue weighted by atomic mass is 35.5. The zero-order valence-electron chi connectivity index (χ0n) is 13.6. The minimum absolute atomic E-state index is 0. The van der Waals surface area contributed by atoms with Gasteiger partial charge < -0.3 is 10.2 Å². The van der Waals surface area contributed by atoms with E-state index in [1.807, 2.05) is 18.0 Å². The number of nitrogens with one attached hydrogen (secondary N) is 1. The molecule has 0 radical (unpaired) electrons. The lowest BCUT2D eigenvalue weighted by atomic mass is 9.86. The van der Waals surface area contributed by atoms with Crippen molar-refractivity contribution in [3.8, 4) is 0 Å². The van der Waals surface area contributed by atoms with E-state index < -0.39 is 0 Å². The predicted octanol–water partition coefficient (Wildman–Crippen LogP) is 3.98. The Morgan fingerprint density at radius 3 is 2.46 bits per heavy atom. The Kier molecular flexibility index (Phi) is 6.67. The molecule has 3 rings (SSSR count). The highest BCUT2D eigenvalue weighted by Crippen LogP contribution is 2.28. The van der Waals surface area contributed by atoms with Gasteiger partial charge in [-0.15, -0.1) is 12.4 Å². The second-order valence-electron chi connectivity index (χ2n) is 6.00. The molecule has 0 aromatic heterocycles. The molecule has 128 valence electrons. The lowest BCUT2D eigenvalue weighted by molar-refractivity contribution is 0.0679. The van der Waals surface area contributed by atoms with Crippen molar-refractivity contribution in [2.24, 2.45) is 0 Å². The Balaban J connectivity index is 0.00000208. The van der Waals surface area contributed by atoms with Crippen molar-refractivity contribution in [2.75, 3.05) is 20.1 Å². The lowest BCUT2D eigenvalue weighted by Gasteiger charge is -2.38. The zero-order valence-corrected chi connectivity index (χ0v) is 15.2. The first-order chi connectivity index (χ1) is 11.2. The molecule has 24 heavy (non-hydrogen) atoms. The fourth-order valence-corrected chi connectivity index (χ4v) is 3.42. The van der Waals surface area contributed by atoms with Gasteiger partial charge in [-0.25, -0.2) is 0 Å². The van der Waals surface area contributed by atoms with Crippen molar-refractivity contribution >= 4 is 29.9 Å². The largest absolute Gasteiger partial charge is 0.338 e. The summed E-state index contributed by atoms with van der Waals surface area (Å²) in [5, 5.41) is 4.10. The summed E-state index contributed by atoms with van der Waals surface area (Å²) in [6, 6.07) is 17.7. The summed E-state index contributed by atoms with van der Waals surface area (Å²) in [7, 11) is 1.91. The molecule has 1 N–H and O–H groups in total. The molecule has 1 heterocycles. The fourth-order valence-electron chi connectivity index (χ4n) is 3.30. The Morgan fingerprint density at radius 1 is 1.12 bits per heavy atom. The summed E-state index contributed by atoms with van der Waals surface area (Å²) in [5.74, 6) is 0.362. The molecule has 5 heteroatoms. The lowest BCUT2D eigenvalue weighted by Crippen LogP contribution is -2.49. The number of benzene rings is 2. The molecule has 0 bridgehead atoms. The van der Waals surface area contributed by atoms with Gasteiger partial charge in [-0.3, -0.25) is 4.79 Å². The Hall–Kier alpha value is -1.55. The second kappa shape index (κ2) is 8.52. The maximum Gasteiger partial charge on any atom is 0.253 e. The minimum Gasteiger partial charge on any atom is -0.338 e. The van der Waals surface area contributed by atoms with Crippen LogP contribution >= 0.6 is 24.0 Å². The molecular weight excluding hydrogens is 343 g/mol. The van der Waals surface area contributed by atoms with E-state index in [4.69, 9.17) is 11.6 Å². The van der Waals surface area contributed by atoms with Crippen LogP contribution in [0.25, 0.3) is 0 Å². The van der Waals surface area contributed by atoms with Gasteiger partial charge in [0.15, 0.2) is 0 Å². The van der Waals surface area contributed by atoms with Crippen molar-refractivity contribution in [2.45, 2.75) is 18.4 Å². The van der Waals surface area contributed by atoms with E-state index >= 15 is 0 Å². The minimum atomic E-state index is 0. The number of carbonyl (C=O) groups excluding carboxylic acids is 1. The van der Waals surface area contributed by atoms with Gasteiger partial charge in [0.1, 0.15) is 0 Å². The molecule has 1 amide bonds. The molecule has 3 nitrogen and oxygen atoms in total. The van der Waals surface area contributed by atoms with Crippen molar-refractivity contribution in [1.82, 2.24) is 10.2 Å². The van der Waals surface area contributed by atoms with Crippen LogP contribution in [0, 0.1) is 0 Å². The Labute approximate surface area is 154 Å². The van der Waals surface area contributed by atoms with E-state index in [1.165, 1.54) is 5.56 Å². The third kappa shape index (κ3) is 4.10. The summed E-state index contributed by atoms with van der Waals surface area (Å²) >= 11 is 5.91. The topological polar surface area (TPSA) is 32.3 Å². The number of halogens is 2. The molecule has 0 spiro atoms. The first kappa shape index (κ1) is 18.8. The van der Waals surface area contributed by atoms with Gasteiger partial charge in [0.2, 0.25) is 0 Å². The van der Waals surface area contributed by atoms with Crippen molar-refractivity contribution in [1.29, 1.82) is 0 Å². The zero-order chi connectivity index (χ0) is 16.2. The van der Waals surface area contributed by atoms with Crippen LogP contribution in [0.2, 0.25) is 5.02 Å². The fraction of sp³-hybridized carbons (Fsp3) is 0.316. The van der Waals surface area contributed by atoms with Gasteiger partial charge in [0.05, 0.1) is 0 Å². The Bertz CT molecular complexity index is 661. The number of hydrogen-bond donors (Lipinski definition) is 1. The van der Waals surface area contributed by atoms with Crippen LogP contribution in [0.5, 0.6) is 0 Å². The average Bonchev–Trinajstić information content (AvgIpc) is 2.62. The van der Waals surface area contributed by atoms with E-state index in [0.717, 1.165) is 19.5 Å². The summed E-state index contributed by atoms with van der Waals surface area (Å²) in [4.78, 5) is 14.7. The molecule has 2 aromatic carbocycles. The normalized spacial score (nSPS) is 20.1. The number of piperidine rings is 1. The SMILES string of the molecule is CN(C(=O)c1ccc(Cl)cc1)[C@@H]1CCNC[C@H]1c1ccccc1.Cl. The van der Waals surface area contributed by atoms with Crippen molar-refractivity contribution in [3.63, 3.8) is 0 Å². The Morgan fingerprint density at radius 2 is 1.79 bits per heavy atom. The van der Waals surface area contributed by atoms with Crippen LogP contribution in [0.1, 0.15) is 28.3 Å². The van der Waals surface area contributed by atoms with Crippen LogP contribution in [0.4, 0.5) is 0 Å². The van der Waals surface area contributed by atoms with Gasteiger partial charge in [-0.2, -0.15) is 0 Å². The van der Waals surface area contributed by atoms with E-state index in [9.17, 15) is 4.79 Å². The molecule has 1 saturated heterocycles. The summed E-state index contributed by atoms with van der Waals surface area (Å²) in [6.45, 7) is 1.83. The number of hydrogen-bond acceptors (Lipinski definition) is 2. The van der Waals surface area contributed by atoms with Crippen LogP contribution in [-0.2, 0) is 0 Å². The highest BCUT2D eigenvalue weighted by Gasteiger charge is 2.32. The monoisotopic (exact) mass is 364 g/mol. The van der Waals surface area contributed by atoms with Crippen LogP contribution < -0.4 is 5.32 Å². The molecule has 2 aromatic rings. The molecule has 0 saturated carbocycles. The van der Waals surface area contributed by atoms with E-state index in [2.05, 4.69) is 29.6 Å². The maximum atomic E-state index is 12.8. The number of carbonyl (C=O) groups is 1. The van der Waals surface area contributed by atoms with Gasteiger partial charge in [0.25, 0.3) is 5.91 Å². The summed E-state index contributed by atoms with van der Waals surface area (Å²) in [6.07, 6.45) is 0.954. The molecule has 0 unspecified atom stereocenters. The average molecular weight is 365 g/mol.